The van der Waals surface area contributed by atoms with Crippen molar-refractivity contribution in [3.05, 3.63) is 236 Å². The molecule has 0 amide bonds. The van der Waals surface area contributed by atoms with E-state index in [-0.39, 0.29) is 5.82 Å². The molecule has 11 aromatic rings. The fraction of sp³-hybridized carbons (Fsp3) is 0. The van der Waals surface area contributed by atoms with E-state index in [0.29, 0.717) is 0 Å². The van der Waals surface area contributed by atoms with Crippen LogP contribution in [0.25, 0.3) is 88.3 Å². The summed E-state index contributed by atoms with van der Waals surface area (Å²) in [5, 5.41) is 4.48. The Kier molecular flexibility index (Phi) is 9.05. The van der Waals surface area contributed by atoms with E-state index in [1.807, 2.05) is 24.3 Å². The molecule has 1 aromatic heterocycles. The molecule has 0 fully saturated rings. The molecule has 0 saturated carbocycles. The van der Waals surface area contributed by atoms with Crippen LogP contribution < -0.4 is 4.90 Å². The molecule has 0 spiro atoms. The molecule has 1 heterocycles. The van der Waals surface area contributed by atoms with Gasteiger partial charge in [-0.1, -0.05) is 164 Å². The Balaban J connectivity index is 1.09. The molecule has 0 unspecified atom stereocenters. The van der Waals surface area contributed by atoms with E-state index in [1.165, 1.54) is 17.7 Å². The maximum Gasteiger partial charge on any atom is 0.135 e. The lowest BCUT2D eigenvalue weighted by Crippen LogP contribution is -2.11. The lowest BCUT2D eigenvalue weighted by atomic mass is 9.91. The van der Waals surface area contributed by atoms with Gasteiger partial charge in [0.1, 0.15) is 17.0 Å². The quantitative estimate of drug-likeness (QED) is 0.153. The van der Waals surface area contributed by atoms with Crippen LogP contribution in [-0.2, 0) is 0 Å². The zero-order valence-electron chi connectivity index (χ0n) is 33.2. The zero-order valence-corrected chi connectivity index (χ0v) is 33.2. The highest BCUT2D eigenvalue weighted by Gasteiger charge is 2.20. The maximum absolute atomic E-state index is 14.1. The molecule has 0 aliphatic heterocycles. The van der Waals surface area contributed by atoms with Crippen LogP contribution in [0.15, 0.2) is 235 Å². The third-order valence-corrected chi connectivity index (χ3v) is 11.7. The Hall–Kier alpha value is -8.01. The van der Waals surface area contributed by atoms with Crippen LogP contribution >= 0.6 is 0 Å². The van der Waals surface area contributed by atoms with E-state index < -0.39 is 0 Å². The molecule has 3 heteroatoms. The van der Waals surface area contributed by atoms with Crippen LogP contribution in [0, 0.1) is 5.82 Å². The minimum atomic E-state index is -0.246. The number of fused-ring (bicyclic) bond motifs is 4. The van der Waals surface area contributed by atoms with Gasteiger partial charge in [0.15, 0.2) is 0 Å². The summed E-state index contributed by atoms with van der Waals surface area (Å²) in [6.07, 6.45) is 0. The van der Waals surface area contributed by atoms with Gasteiger partial charge in [-0.2, -0.15) is 0 Å². The minimum Gasteiger partial charge on any atom is -0.456 e. The van der Waals surface area contributed by atoms with Crippen LogP contribution in [0.2, 0.25) is 0 Å². The number of benzene rings is 10. The second-order valence-electron chi connectivity index (χ2n) is 15.4. The number of furan rings is 1. The average Bonchev–Trinajstić information content (AvgIpc) is 3.71. The molecule has 0 N–H and O–H groups in total. The van der Waals surface area contributed by atoms with Crippen molar-refractivity contribution in [2.45, 2.75) is 0 Å². The SMILES string of the molecule is Fc1ccc(-c2cccc3cccc(-c4cccc(N(c5ccc(-c6ccc7oc8ccccc8c7c6)cc5)c5ccc(-c6ccccc6)cc5-c5ccccc5)c4)c23)cc1. The van der Waals surface area contributed by atoms with E-state index in [9.17, 15) is 4.39 Å². The van der Waals surface area contributed by atoms with E-state index in [2.05, 4.69) is 199 Å². The monoisotopic (exact) mass is 783 g/mol. The van der Waals surface area contributed by atoms with Crippen LogP contribution in [0.5, 0.6) is 0 Å². The third kappa shape index (κ3) is 6.73. The van der Waals surface area contributed by atoms with Gasteiger partial charge in [-0.3, -0.25) is 0 Å². The van der Waals surface area contributed by atoms with Gasteiger partial charge in [0.25, 0.3) is 0 Å². The highest BCUT2D eigenvalue weighted by molar-refractivity contribution is 6.08. The van der Waals surface area contributed by atoms with Crippen molar-refractivity contribution >= 4 is 49.8 Å². The van der Waals surface area contributed by atoms with Crippen LogP contribution in [-0.4, -0.2) is 0 Å². The first-order valence-corrected chi connectivity index (χ1v) is 20.6. The van der Waals surface area contributed by atoms with Gasteiger partial charge < -0.3 is 9.32 Å². The predicted octanol–water partition coefficient (Wildman–Crippen LogP) is 16.7. The van der Waals surface area contributed by atoms with E-state index in [0.717, 1.165) is 99.8 Å². The second-order valence-corrected chi connectivity index (χ2v) is 15.4. The minimum absolute atomic E-state index is 0.246. The first-order chi connectivity index (χ1) is 30.1. The van der Waals surface area contributed by atoms with Crippen molar-refractivity contribution in [2.24, 2.45) is 0 Å². The van der Waals surface area contributed by atoms with Gasteiger partial charge in [0, 0.05) is 27.7 Å². The molecule has 11 rings (SSSR count). The first kappa shape index (κ1) is 36.1. The highest BCUT2D eigenvalue weighted by Crippen LogP contribution is 2.45. The summed E-state index contributed by atoms with van der Waals surface area (Å²) < 4.78 is 20.3. The van der Waals surface area contributed by atoms with E-state index in [4.69, 9.17) is 4.42 Å². The number of para-hydroxylation sites is 1. The van der Waals surface area contributed by atoms with E-state index in [1.54, 1.807) is 0 Å². The maximum atomic E-state index is 14.1. The third-order valence-electron chi connectivity index (χ3n) is 11.7. The molecule has 288 valence electrons. The lowest BCUT2D eigenvalue weighted by molar-refractivity contribution is 0.628. The molecule has 0 bridgehead atoms. The van der Waals surface area contributed by atoms with Gasteiger partial charge in [0.2, 0.25) is 0 Å². The Morgan fingerprint density at radius 3 is 1.66 bits per heavy atom. The van der Waals surface area contributed by atoms with Crippen molar-refractivity contribution < 1.29 is 8.81 Å². The summed E-state index contributed by atoms with van der Waals surface area (Å²) in [6.45, 7) is 0. The predicted molar refractivity (Wildman–Crippen MR) is 253 cm³/mol. The van der Waals surface area contributed by atoms with Crippen molar-refractivity contribution in [3.8, 4) is 55.6 Å². The average molecular weight is 784 g/mol. The van der Waals surface area contributed by atoms with Crippen molar-refractivity contribution in [3.63, 3.8) is 0 Å². The van der Waals surface area contributed by atoms with Gasteiger partial charge in [0.05, 0.1) is 5.69 Å². The van der Waals surface area contributed by atoms with Crippen LogP contribution in [0.1, 0.15) is 0 Å². The number of nitrogens with zero attached hydrogens (tertiary/aromatic N) is 1. The molecule has 0 aliphatic rings. The summed E-state index contributed by atoms with van der Waals surface area (Å²) in [5.74, 6) is -0.246. The van der Waals surface area contributed by atoms with Crippen LogP contribution in [0.4, 0.5) is 21.5 Å². The zero-order chi connectivity index (χ0) is 40.7. The van der Waals surface area contributed by atoms with Gasteiger partial charge in [-0.15, -0.1) is 0 Å². The van der Waals surface area contributed by atoms with Crippen molar-refractivity contribution in [1.29, 1.82) is 0 Å². The summed E-state index contributed by atoms with van der Waals surface area (Å²) in [4.78, 5) is 2.38. The summed E-state index contributed by atoms with van der Waals surface area (Å²) in [7, 11) is 0. The molecular formula is C58H38FNO. The van der Waals surface area contributed by atoms with Crippen molar-refractivity contribution in [2.75, 3.05) is 4.90 Å². The summed E-state index contributed by atoms with van der Waals surface area (Å²) in [5.41, 5.74) is 16.0. The number of hydrogen-bond donors (Lipinski definition) is 0. The number of halogens is 1. The highest BCUT2D eigenvalue weighted by atomic mass is 19.1. The smallest absolute Gasteiger partial charge is 0.135 e. The fourth-order valence-corrected chi connectivity index (χ4v) is 8.79. The second kappa shape index (κ2) is 15.3. The molecule has 61 heavy (non-hydrogen) atoms. The Bertz CT molecular complexity index is 3350. The molecule has 0 aliphatic carbocycles. The standard InChI is InChI=1S/C58H38FNO/c59-47-30-24-42(25-31-47)50-21-10-16-43-17-11-22-51(58(43)50)46-18-9-19-49(36-46)60(55-34-28-44(39-12-3-1-4-13-39)37-53(55)41-14-5-2-6-15-41)48-32-26-40(27-33-48)45-29-35-57-54(38-45)52-20-7-8-23-56(52)61-57/h1-38H. The number of rotatable bonds is 8. The Morgan fingerprint density at radius 2 is 0.885 bits per heavy atom. The Labute approximate surface area is 354 Å². The normalized spacial score (nSPS) is 11.4. The largest absolute Gasteiger partial charge is 0.456 e. The number of hydrogen-bond acceptors (Lipinski definition) is 2. The molecule has 0 saturated heterocycles. The van der Waals surface area contributed by atoms with Crippen molar-refractivity contribution in [1.82, 2.24) is 0 Å². The number of anilines is 3. The Morgan fingerprint density at radius 1 is 0.328 bits per heavy atom. The topological polar surface area (TPSA) is 16.4 Å². The molecule has 0 radical (unpaired) electrons. The van der Waals surface area contributed by atoms with Gasteiger partial charge >= 0.3 is 0 Å². The van der Waals surface area contributed by atoms with E-state index >= 15 is 0 Å². The van der Waals surface area contributed by atoms with Gasteiger partial charge in [-0.05, 0) is 128 Å². The summed E-state index contributed by atoms with van der Waals surface area (Å²) >= 11 is 0. The lowest BCUT2D eigenvalue weighted by Gasteiger charge is -2.29. The molecule has 2 nitrogen and oxygen atoms in total. The molecular weight excluding hydrogens is 746 g/mol. The molecule has 0 atom stereocenters. The summed E-state index contributed by atoms with van der Waals surface area (Å²) in [6, 6.07) is 80.0. The first-order valence-electron chi connectivity index (χ1n) is 20.6. The van der Waals surface area contributed by atoms with Crippen LogP contribution in [0.3, 0.4) is 0 Å². The molecule has 10 aromatic carbocycles. The van der Waals surface area contributed by atoms with Gasteiger partial charge in [-0.25, -0.2) is 4.39 Å². The fourth-order valence-electron chi connectivity index (χ4n) is 8.79.